The minimum Gasteiger partial charge on any atom is -0.378 e. The van der Waals surface area contributed by atoms with Gasteiger partial charge in [0.1, 0.15) is 11.6 Å². The van der Waals surface area contributed by atoms with E-state index in [0.717, 1.165) is 31.4 Å². The largest absolute Gasteiger partial charge is 0.378 e. The molecule has 1 fully saturated rings. The van der Waals surface area contributed by atoms with E-state index in [1.165, 1.54) is 6.07 Å². The molecule has 4 heteroatoms. The van der Waals surface area contributed by atoms with Crippen molar-refractivity contribution in [1.82, 2.24) is 0 Å². The van der Waals surface area contributed by atoms with Crippen LogP contribution in [0.2, 0.25) is 0 Å². The molecule has 1 aliphatic heterocycles. The molecule has 1 atom stereocenters. The van der Waals surface area contributed by atoms with Crippen LogP contribution in [-0.2, 0) is 4.74 Å². The number of benzene rings is 1. The predicted molar refractivity (Wildman–Crippen MR) is 58.9 cm³/mol. The standard InChI is InChI=1S/C13H14F2O2/c14-9-4-5-11(12(15)7-9)13(16)8-10-3-1-2-6-17-10/h4-5,7,10H,1-3,6,8H2. The molecule has 2 rings (SSSR count). The molecule has 92 valence electrons. The van der Waals surface area contributed by atoms with Crippen molar-refractivity contribution in [3.05, 3.63) is 35.4 Å². The summed E-state index contributed by atoms with van der Waals surface area (Å²) in [5, 5.41) is 0. The third-order valence-electron chi connectivity index (χ3n) is 2.92. The number of hydrogen-bond donors (Lipinski definition) is 0. The molecule has 0 aliphatic carbocycles. The topological polar surface area (TPSA) is 26.3 Å². The van der Waals surface area contributed by atoms with Gasteiger partial charge in [0.05, 0.1) is 11.7 Å². The zero-order chi connectivity index (χ0) is 12.3. The Kier molecular flexibility index (Phi) is 3.84. The highest BCUT2D eigenvalue weighted by Crippen LogP contribution is 2.19. The molecule has 1 aromatic rings. The summed E-state index contributed by atoms with van der Waals surface area (Å²) in [5.41, 5.74) is -0.0550. The molecule has 0 amide bonds. The molecule has 0 N–H and O–H groups in total. The average Bonchev–Trinajstić information content (AvgIpc) is 2.30. The molecule has 1 saturated heterocycles. The van der Waals surface area contributed by atoms with E-state index in [-0.39, 0.29) is 23.9 Å². The van der Waals surface area contributed by atoms with Gasteiger partial charge in [-0.15, -0.1) is 0 Å². The maximum absolute atomic E-state index is 13.4. The lowest BCUT2D eigenvalue weighted by molar-refractivity contribution is 0.0128. The summed E-state index contributed by atoms with van der Waals surface area (Å²) >= 11 is 0. The summed E-state index contributed by atoms with van der Waals surface area (Å²) in [4.78, 5) is 11.8. The molecule has 0 radical (unpaired) electrons. The fraction of sp³-hybridized carbons (Fsp3) is 0.462. The van der Waals surface area contributed by atoms with Crippen molar-refractivity contribution >= 4 is 5.78 Å². The van der Waals surface area contributed by atoms with Gasteiger partial charge in [-0.2, -0.15) is 0 Å². The maximum Gasteiger partial charge on any atom is 0.168 e. The Bertz CT molecular complexity index is 412. The summed E-state index contributed by atoms with van der Waals surface area (Å²) in [5.74, 6) is -1.80. The van der Waals surface area contributed by atoms with Crippen molar-refractivity contribution < 1.29 is 18.3 Å². The van der Waals surface area contributed by atoms with E-state index in [1.54, 1.807) is 0 Å². The fourth-order valence-corrected chi connectivity index (χ4v) is 2.00. The van der Waals surface area contributed by atoms with Crippen molar-refractivity contribution in [1.29, 1.82) is 0 Å². The van der Waals surface area contributed by atoms with E-state index >= 15 is 0 Å². The van der Waals surface area contributed by atoms with Crippen molar-refractivity contribution in [3.63, 3.8) is 0 Å². The monoisotopic (exact) mass is 240 g/mol. The first-order valence-corrected chi connectivity index (χ1v) is 5.76. The molecule has 1 aliphatic rings. The second-order valence-corrected chi connectivity index (χ2v) is 4.24. The maximum atomic E-state index is 13.4. The number of halogens is 2. The van der Waals surface area contributed by atoms with E-state index in [1.807, 2.05) is 0 Å². The number of ether oxygens (including phenoxy) is 1. The van der Waals surface area contributed by atoms with E-state index in [9.17, 15) is 13.6 Å². The van der Waals surface area contributed by atoms with E-state index in [0.29, 0.717) is 6.61 Å². The second-order valence-electron chi connectivity index (χ2n) is 4.24. The van der Waals surface area contributed by atoms with Gasteiger partial charge in [-0.25, -0.2) is 8.78 Å². The van der Waals surface area contributed by atoms with Gasteiger partial charge in [-0.3, -0.25) is 4.79 Å². The van der Waals surface area contributed by atoms with Gasteiger partial charge in [0, 0.05) is 19.1 Å². The van der Waals surface area contributed by atoms with Crippen LogP contribution in [0.1, 0.15) is 36.0 Å². The lowest BCUT2D eigenvalue weighted by Gasteiger charge is -2.21. The Morgan fingerprint density at radius 1 is 1.35 bits per heavy atom. The van der Waals surface area contributed by atoms with E-state index in [4.69, 9.17) is 4.74 Å². The Morgan fingerprint density at radius 3 is 2.82 bits per heavy atom. The quantitative estimate of drug-likeness (QED) is 0.759. The first-order chi connectivity index (χ1) is 8.16. The van der Waals surface area contributed by atoms with Gasteiger partial charge in [0.15, 0.2) is 5.78 Å². The van der Waals surface area contributed by atoms with Crippen LogP contribution >= 0.6 is 0 Å². The van der Waals surface area contributed by atoms with Crippen LogP contribution in [0.3, 0.4) is 0 Å². The van der Waals surface area contributed by atoms with Crippen LogP contribution < -0.4 is 0 Å². The zero-order valence-corrected chi connectivity index (χ0v) is 9.42. The van der Waals surface area contributed by atoms with Crippen LogP contribution in [0, 0.1) is 11.6 Å². The number of carbonyl (C=O) groups excluding carboxylic acids is 1. The lowest BCUT2D eigenvalue weighted by Crippen LogP contribution is -2.22. The molecule has 17 heavy (non-hydrogen) atoms. The van der Waals surface area contributed by atoms with E-state index in [2.05, 4.69) is 0 Å². The van der Waals surface area contributed by atoms with Crippen LogP contribution in [0.15, 0.2) is 18.2 Å². The minimum atomic E-state index is -0.800. The smallest absolute Gasteiger partial charge is 0.168 e. The molecule has 1 heterocycles. The van der Waals surface area contributed by atoms with Crippen LogP contribution in [0.4, 0.5) is 8.78 Å². The first kappa shape index (κ1) is 12.2. The third-order valence-corrected chi connectivity index (χ3v) is 2.92. The molecule has 0 spiro atoms. The molecule has 1 unspecified atom stereocenters. The minimum absolute atomic E-state index is 0.0550. The van der Waals surface area contributed by atoms with Gasteiger partial charge in [-0.05, 0) is 31.4 Å². The summed E-state index contributed by atoms with van der Waals surface area (Å²) in [6, 6.07) is 3.02. The number of carbonyl (C=O) groups is 1. The highest BCUT2D eigenvalue weighted by molar-refractivity contribution is 5.96. The number of rotatable bonds is 3. The van der Waals surface area contributed by atoms with Gasteiger partial charge in [0.25, 0.3) is 0 Å². The van der Waals surface area contributed by atoms with Crippen LogP contribution in [-0.4, -0.2) is 18.5 Å². The number of Topliss-reactive ketones (excluding diaryl/α,β-unsaturated/α-hetero) is 1. The van der Waals surface area contributed by atoms with Crippen LogP contribution in [0.5, 0.6) is 0 Å². The highest BCUT2D eigenvalue weighted by Gasteiger charge is 2.20. The lowest BCUT2D eigenvalue weighted by atomic mass is 10.00. The van der Waals surface area contributed by atoms with Crippen molar-refractivity contribution in [2.45, 2.75) is 31.8 Å². The molecular weight excluding hydrogens is 226 g/mol. The van der Waals surface area contributed by atoms with Crippen molar-refractivity contribution in [2.75, 3.05) is 6.61 Å². The second kappa shape index (κ2) is 5.36. The predicted octanol–water partition coefficient (Wildman–Crippen LogP) is 3.11. The van der Waals surface area contributed by atoms with E-state index < -0.39 is 11.6 Å². The summed E-state index contributed by atoms with van der Waals surface area (Å²) < 4.78 is 31.5. The first-order valence-electron chi connectivity index (χ1n) is 5.76. The molecule has 0 aromatic heterocycles. The number of hydrogen-bond acceptors (Lipinski definition) is 2. The highest BCUT2D eigenvalue weighted by atomic mass is 19.1. The van der Waals surface area contributed by atoms with Crippen molar-refractivity contribution in [2.24, 2.45) is 0 Å². The van der Waals surface area contributed by atoms with Crippen molar-refractivity contribution in [3.8, 4) is 0 Å². The normalized spacial score (nSPS) is 20.2. The third kappa shape index (κ3) is 3.09. The fourth-order valence-electron chi connectivity index (χ4n) is 2.00. The van der Waals surface area contributed by atoms with Gasteiger partial charge >= 0.3 is 0 Å². The average molecular weight is 240 g/mol. The van der Waals surface area contributed by atoms with Gasteiger partial charge in [0.2, 0.25) is 0 Å². The van der Waals surface area contributed by atoms with Crippen LogP contribution in [0.25, 0.3) is 0 Å². The molecule has 1 aromatic carbocycles. The Balaban J connectivity index is 2.03. The summed E-state index contributed by atoms with van der Waals surface area (Å²) in [6.45, 7) is 0.657. The molecule has 2 nitrogen and oxygen atoms in total. The van der Waals surface area contributed by atoms with Gasteiger partial charge in [-0.1, -0.05) is 0 Å². The van der Waals surface area contributed by atoms with Gasteiger partial charge < -0.3 is 4.74 Å². The number of ketones is 1. The SMILES string of the molecule is O=C(CC1CCCCO1)c1ccc(F)cc1F. The Morgan fingerprint density at radius 2 is 2.18 bits per heavy atom. The zero-order valence-electron chi connectivity index (χ0n) is 9.42. The molecular formula is C13H14F2O2. The summed E-state index contributed by atoms with van der Waals surface area (Å²) in [6.07, 6.45) is 2.91. The molecule has 0 saturated carbocycles. The molecule has 0 bridgehead atoms. The Hall–Kier alpha value is -1.29. The Labute approximate surface area is 98.6 Å². The summed E-state index contributed by atoms with van der Waals surface area (Å²) in [7, 11) is 0.